The number of hydrogen-bond donors (Lipinski definition) is 3. The molecule has 0 aromatic heterocycles. The third-order valence-corrected chi connectivity index (χ3v) is 17.7. The molecule has 86 heavy (non-hydrogen) atoms. The number of carbonyl (C=O) groups excluding carboxylic acids is 4. The summed E-state index contributed by atoms with van der Waals surface area (Å²) in [7, 11) is -9.88. The summed E-state index contributed by atoms with van der Waals surface area (Å²) < 4.78 is 67.9. The number of rotatable bonds is 66. The fourth-order valence-corrected chi connectivity index (χ4v) is 11.6. The average molecular weight is 1270 g/mol. The molecule has 3 unspecified atom stereocenters. The zero-order valence-corrected chi connectivity index (χ0v) is 57.4. The average Bonchev–Trinajstić information content (AvgIpc) is 3.70. The number of phosphoric ester groups is 2. The van der Waals surface area contributed by atoms with Gasteiger partial charge in [0.1, 0.15) is 19.3 Å². The Balaban J connectivity index is 5.17. The smallest absolute Gasteiger partial charge is 0.462 e. The Kier molecular flexibility index (Phi) is 58.0. The summed E-state index contributed by atoms with van der Waals surface area (Å²) >= 11 is 0. The highest BCUT2D eigenvalue weighted by atomic mass is 31.2. The standard InChI is InChI=1S/C67H130O17P2/c1-7-10-12-14-15-16-17-18-19-20-21-22-23-28-33-39-45-51-66(71)84-63(56-78-65(70)50-44-38-32-27-25-24-26-31-37-42-48-60(6)9-3)58-82-86(75,76)80-54-61(68)53-79-85(73,74)81-57-62(55-77-64(69)49-43-35-13-11-8-2)83-67(72)52-46-40-34-29-30-36-41-47-59(4)5/h59-63,68H,7-58H2,1-6H3,(H,73,74)(H,75,76)/t60?,61-,62+,63+/m0/s1. The summed E-state index contributed by atoms with van der Waals surface area (Å²) in [6.45, 7) is 9.40. The molecule has 0 aliphatic carbocycles. The molecule has 0 saturated heterocycles. The number of esters is 4. The molecule has 6 atom stereocenters. The van der Waals surface area contributed by atoms with E-state index in [-0.39, 0.29) is 25.7 Å². The second kappa shape index (κ2) is 59.4. The minimum Gasteiger partial charge on any atom is -0.462 e. The van der Waals surface area contributed by atoms with E-state index in [1.54, 1.807) is 0 Å². The van der Waals surface area contributed by atoms with E-state index in [2.05, 4.69) is 41.5 Å². The van der Waals surface area contributed by atoms with Crippen molar-refractivity contribution in [1.82, 2.24) is 0 Å². The second-order valence-electron chi connectivity index (χ2n) is 24.9. The minimum absolute atomic E-state index is 0.102. The molecule has 17 nitrogen and oxygen atoms in total. The first kappa shape index (κ1) is 84.1. The van der Waals surface area contributed by atoms with Gasteiger partial charge in [0.25, 0.3) is 0 Å². The maximum atomic E-state index is 13.0. The van der Waals surface area contributed by atoms with E-state index in [1.807, 2.05) is 0 Å². The molecular formula is C67H130O17P2. The van der Waals surface area contributed by atoms with Crippen molar-refractivity contribution >= 4 is 39.5 Å². The molecule has 0 rings (SSSR count). The van der Waals surface area contributed by atoms with Crippen LogP contribution < -0.4 is 0 Å². The van der Waals surface area contributed by atoms with Crippen LogP contribution in [0.2, 0.25) is 0 Å². The number of ether oxygens (including phenoxy) is 4. The molecule has 19 heteroatoms. The molecule has 3 N–H and O–H groups in total. The van der Waals surface area contributed by atoms with Crippen LogP contribution in [0.4, 0.5) is 0 Å². The number of aliphatic hydroxyl groups excluding tert-OH is 1. The fraction of sp³-hybridized carbons (Fsp3) is 0.940. The molecule has 0 bridgehead atoms. The predicted octanol–water partition coefficient (Wildman–Crippen LogP) is 18.8. The van der Waals surface area contributed by atoms with E-state index >= 15 is 0 Å². The van der Waals surface area contributed by atoms with Gasteiger partial charge in [-0.05, 0) is 37.5 Å². The predicted molar refractivity (Wildman–Crippen MR) is 345 cm³/mol. The van der Waals surface area contributed by atoms with Gasteiger partial charge >= 0.3 is 39.5 Å². The highest BCUT2D eigenvalue weighted by Crippen LogP contribution is 2.45. The second-order valence-corrected chi connectivity index (χ2v) is 27.8. The zero-order valence-electron chi connectivity index (χ0n) is 55.6. The van der Waals surface area contributed by atoms with E-state index in [0.717, 1.165) is 102 Å². The van der Waals surface area contributed by atoms with Crippen LogP contribution in [0.5, 0.6) is 0 Å². The van der Waals surface area contributed by atoms with Gasteiger partial charge in [0, 0.05) is 25.7 Å². The van der Waals surface area contributed by atoms with Crippen molar-refractivity contribution in [1.29, 1.82) is 0 Å². The Bertz CT molecular complexity index is 1690. The van der Waals surface area contributed by atoms with Crippen LogP contribution in [-0.4, -0.2) is 96.7 Å². The lowest BCUT2D eigenvalue weighted by molar-refractivity contribution is -0.161. The minimum atomic E-state index is -4.95. The van der Waals surface area contributed by atoms with E-state index in [4.69, 9.17) is 37.0 Å². The lowest BCUT2D eigenvalue weighted by atomic mass is 9.99. The largest absolute Gasteiger partial charge is 0.472 e. The van der Waals surface area contributed by atoms with E-state index in [1.165, 1.54) is 148 Å². The molecule has 0 heterocycles. The van der Waals surface area contributed by atoms with Gasteiger partial charge in [0.15, 0.2) is 12.2 Å². The summed E-state index contributed by atoms with van der Waals surface area (Å²) in [4.78, 5) is 72.1. The van der Waals surface area contributed by atoms with Crippen molar-refractivity contribution in [3.8, 4) is 0 Å². The van der Waals surface area contributed by atoms with Gasteiger partial charge in [0.2, 0.25) is 0 Å². The number of carbonyl (C=O) groups is 4. The van der Waals surface area contributed by atoms with Crippen LogP contribution in [0.1, 0.15) is 337 Å². The monoisotopic (exact) mass is 1270 g/mol. The van der Waals surface area contributed by atoms with E-state index < -0.39 is 97.5 Å². The summed E-state index contributed by atoms with van der Waals surface area (Å²) in [5, 5.41) is 10.5. The molecular weight excluding hydrogens is 1140 g/mol. The van der Waals surface area contributed by atoms with Crippen molar-refractivity contribution in [2.24, 2.45) is 11.8 Å². The van der Waals surface area contributed by atoms with Crippen LogP contribution >= 0.6 is 15.6 Å². The van der Waals surface area contributed by atoms with Crippen LogP contribution in [0, 0.1) is 11.8 Å². The van der Waals surface area contributed by atoms with Gasteiger partial charge in [0.05, 0.1) is 26.4 Å². The Morgan fingerprint density at radius 2 is 0.593 bits per heavy atom. The van der Waals surface area contributed by atoms with Crippen LogP contribution in [-0.2, 0) is 65.4 Å². The summed E-state index contributed by atoms with van der Waals surface area (Å²) in [6.07, 6.45) is 43.5. The third kappa shape index (κ3) is 59.7. The molecule has 0 amide bonds. The lowest BCUT2D eigenvalue weighted by Gasteiger charge is -2.21. The first-order valence-electron chi connectivity index (χ1n) is 35.0. The number of hydrogen-bond acceptors (Lipinski definition) is 15. The molecule has 510 valence electrons. The van der Waals surface area contributed by atoms with Gasteiger partial charge < -0.3 is 33.8 Å². The lowest BCUT2D eigenvalue weighted by Crippen LogP contribution is -2.30. The summed E-state index contributed by atoms with van der Waals surface area (Å²) in [5.74, 6) is -0.636. The van der Waals surface area contributed by atoms with Crippen LogP contribution in [0.25, 0.3) is 0 Å². The molecule has 0 aromatic rings. The highest BCUT2D eigenvalue weighted by Gasteiger charge is 2.30. The zero-order chi connectivity index (χ0) is 63.6. The summed E-state index contributed by atoms with van der Waals surface area (Å²) in [5.41, 5.74) is 0. The van der Waals surface area contributed by atoms with Crippen molar-refractivity contribution in [2.45, 2.75) is 355 Å². The molecule has 0 spiro atoms. The number of phosphoric acid groups is 2. The first-order chi connectivity index (χ1) is 41.4. The Morgan fingerprint density at radius 1 is 0.337 bits per heavy atom. The van der Waals surface area contributed by atoms with Gasteiger partial charge in [-0.1, -0.05) is 286 Å². The van der Waals surface area contributed by atoms with Crippen LogP contribution in [0.3, 0.4) is 0 Å². The van der Waals surface area contributed by atoms with Gasteiger partial charge in [-0.3, -0.25) is 37.3 Å². The van der Waals surface area contributed by atoms with Gasteiger partial charge in [-0.25, -0.2) is 9.13 Å². The molecule has 0 aliphatic heterocycles. The van der Waals surface area contributed by atoms with Crippen molar-refractivity contribution in [3.05, 3.63) is 0 Å². The van der Waals surface area contributed by atoms with Crippen molar-refractivity contribution in [2.75, 3.05) is 39.6 Å². The van der Waals surface area contributed by atoms with Crippen LogP contribution in [0.15, 0.2) is 0 Å². The first-order valence-corrected chi connectivity index (χ1v) is 38.0. The maximum Gasteiger partial charge on any atom is 0.472 e. The molecule has 0 aliphatic rings. The number of unbranched alkanes of at least 4 members (excludes halogenated alkanes) is 35. The summed E-state index contributed by atoms with van der Waals surface area (Å²) in [6, 6.07) is 0. The van der Waals surface area contributed by atoms with Crippen molar-refractivity contribution < 1.29 is 80.2 Å². The van der Waals surface area contributed by atoms with Crippen molar-refractivity contribution in [3.63, 3.8) is 0 Å². The third-order valence-electron chi connectivity index (χ3n) is 15.8. The number of aliphatic hydroxyl groups is 1. The Morgan fingerprint density at radius 3 is 0.884 bits per heavy atom. The fourth-order valence-electron chi connectivity index (χ4n) is 10.0. The highest BCUT2D eigenvalue weighted by molar-refractivity contribution is 7.47. The maximum absolute atomic E-state index is 13.0. The SMILES string of the molecule is CCCCCCCCCCCCCCCCCCCC(=O)O[C@H](COC(=O)CCCCCCCCCCCCC(C)CC)COP(=O)(O)OC[C@@H](O)COP(=O)(O)OC[C@@H](COC(=O)CCCCCCC)OC(=O)CCCCCCCCCC(C)C. The molecule has 0 fully saturated rings. The Hall–Kier alpha value is -1.94. The molecule has 0 aromatic carbocycles. The topological polar surface area (TPSA) is 237 Å². The Labute approximate surface area is 524 Å². The normalized spacial score (nSPS) is 14.5. The molecule has 0 saturated carbocycles. The van der Waals surface area contributed by atoms with E-state index in [0.29, 0.717) is 31.6 Å². The quantitative estimate of drug-likeness (QED) is 0.0222. The van der Waals surface area contributed by atoms with Gasteiger partial charge in [-0.15, -0.1) is 0 Å². The molecule has 0 radical (unpaired) electrons. The van der Waals surface area contributed by atoms with Gasteiger partial charge in [-0.2, -0.15) is 0 Å². The van der Waals surface area contributed by atoms with E-state index in [9.17, 15) is 43.2 Å².